The number of rotatable bonds is 2. The van der Waals surface area contributed by atoms with E-state index in [9.17, 15) is 13.2 Å². The van der Waals surface area contributed by atoms with Gasteiger partial charge in [-0.3, -0.25) is 0 Å². The molecule has 17 heavy (non-hydrogen) atoms. The Labute approximate surface area is 93.8 Å². The molecule has 0 radical (unpaired) electrons. The minimum absolute atomic E-state index is 0.0569. The van der Waals surface area contributed by atoms with E-state index in [4.69, 9.17) is 16.3 Å². The van der Waals surface area contributed by atoms with Crippen molar-refractivity contribution in [2.24, 2.45) is 0 Å². The van der Waals surface area contributed by atoms with E-state index in [2.05, 4.69) is 9.72 Å². The largest absolute Gasteiger partial charge is 0.574 e. The number of nitriles is 2. The second kappa shape index (κ2) is 4.58. The predicted octanol–water partition coefficient (Wildman–Crippen LogP) is 1.50. The molecule has 0 aliphatic carbocycles. The summed E-state index contributed by atoms with van der Waals surface area (Å²) in [5.41, 5.74) is 4.67. The van der Waals surface area contributed by atoms with Crippen LogP contribution >= 0.6 is 0 Å². The first-order chi connectivity index (χ1) is 7.87. The fourth-order valence-corrected chi connectivity index (χ4v) is 1.05. The molecule has 0 fully saturated rings. The van der Waals surface area contributed by atoms with Gasteiger partial charge in [-0.2, -0.15) is 10.5 Å². The van der Waals surface area contributed by atoms with Gasteiger partial charge in [0.25, 0.3) is 0 Å². The van der Waals surface area contributed by atoms with Crippen LogP contribution in [0.5, 0.6) is 5.88 Å². The Morgan fingerprint density at radius 3 is 2.53 bits per heavy atom. The lowest BCUT2D eigenvalue weighted by atomic mass is 10.1. The van der Waals surface area contributed by atoms with E-state index in [1.807, 2.05) is 0 Å². The van der Waals surface area contributed by atoms with Crippen molar-refractivity contribution in [3.8, 4) is 18.0 Å². The van der Waals surface area contributed by atoms with E-state index in [1.165, 1.54) is 0 Å². The van der Waals surface area contributed by atoms with Gasteiger partial charge >= 0.3 is 6.36 Å². The van der Waals surface area contributed by atoms with Crippen LogP contribution in [-0.2, 0) is 6.42 Å². The molecule has 88 valence electrons. The van der Waals surface area contributed by atoms with Crippen molar-refractivity contribution in [1.82, 2.24) is 4.98 Å². The number of nitrogen functional groups attached to an aromatic ring is 1. The number of halogens is 3. The smallest absolute Gasteiger partial charge is 0.394 e. The average Bonchev–Trinajstić information content (AvgIpc) is 2.21. The summed E-state index contributed by atoms with van der Waals surface area (Å²) in [5, 5.41) is 17.1. The molecule has 2 N–H and O–H groups in total. The van der Waals surface area contributed by atoms with Gasteiger partial charge in [-0.05, 0) is 6.07 Å². The molecule has 0 atom stereocenters. The molecule has 0 saturated carbocycles. The molecule has 0 unspecified atom stereocenters. The number of pyridine rings is 1. The van der Waals surface area contributed by atoms with Gasteiger partial charge in [0.1, 0.15) is 6.07 Å². The number of ether oxygens (including phenoxy) is 1. The van der Waals surface area contributed by atoms with Gasteiger partial charge < -0.3 is 10.5 Å². The zero-order chi connectivity index (χ0) is 13.1. The van der Waals surface area contributed by atoms with Gasteiger partial charge in [0.15, 0.2) is 0 Å². The maximum absolute atomic E-state index is 12.0. The molecule has 8 heteroatoms. The lowest BCUT2D eigenvalue weighted by Gasteiger charge is -2.11. The van der Waals surface area contributed by atoms with Crippen molar-refractivity contribution >= 4 is 5.69 Å². The van der Waals surface area contributed by atoms with Crippen molar-refractivity contribution in [2.75, 3.05) is 5.73 Å². The van der Waals surface area contributed by atoms with Gasteiger partial charge in [-0.25, -0.2) is 4.98 Å². The normalized spacial score (nSPS) is 10.4. The summed E-state index contributed by atoms with van der Waals surface area (Å²) >= 11 is 0. The van der Waals surface area contributed by atoms with Gasteiger partial charge in [-0.1, -0.05) is 0 Å². The van der Waals surface area contributed by atoms with Crippen molar-refractivity contribution < 1.29 is 17.9 Å². The highest BCUT2D eigenvalue weighted by Gasteiger charge is 2.33. The summed E-state index contributed by atoms with van der Waals surface area (Å²) in [6, 6.07) is 4.34. The first-order valence-electron chi connectivity index (χ1n) is 4.19. The minimum atomic E-state index is -4.93. The molecule has 1 aromatic heterocycles. The molecule has 0 bridgehead atoms. The van der Waals surface area contributed by atoms with Gasteiger partial charge in [0, 0.05) is 0 Å². The Hall–Kier alpha value is -2.48. The molecular formula is C9H5F3N4O. The van der Waals surface area contributed by atoms with Gasteiger partial charge in [0.2, 0.25) is 5.88 Å². The van der Waals surface area contributed by atoms with Crippen molar-refractivity contribution in [2.45, 2.75) is 12.8 Å². The van der Waals surface area contributed by atoms with Crippen molar-refractivity contribution in [1.29, 1.82) is 10.5 Å². The maximum atomic E-state index is 12.0. The molecule has 1 aromatic rings. The zero-order valence-electron chi connectivity index (χ0n) is 8.25. The van der Waals surface area contributed by atoms with E-state index in [1.54, 1.807) is 12.1 Å². The summed E-state index contributed by atoms with van der Waals surface area (Å²) in [6.07, 6.45) is -5.24. The van der Waals surface area contributed by atoms with Crippen molar-refractivity contribution in [3.05, 3.63) is 17.3 Å². The summed E-state index contributed by atoms with van der Waals surface area (Å²) in [7, 11) is 0. The lowest BCUT2D eigenvalue weighted by molar-refractivity contribution is -0.275. The summed E-state index contributed by atoms with van der Waals surface area (Å²) in [5.74, 6) is -0.859. The second-order valence-corrected chi connectivity index (χ2v) is 2.87. The van der Waals surface area contributed by atoms with Crippen LogP contribution in [0, 0.1) is 22.7 Å². The Bertz CT molecular complexity index is 513. The highest BCUT2D eigenvalue weighted by Crippen LogP contribution is 2.28. The Balaban J connectivity index is 3.22. The van der Waals surface area contributed by atoms with E-state index in [0.29, 0.717) is 0 Å². The SMILES string of the molecule is N#CCc1nc(OC(F)(F)F)c(N)cc1C#N. The van der Waals surface area contributed by atoms with E-state index >= 15 is 0 Å². The van der Waals surface area contributed by atoms with Crippen LogP contribution in [0.2, 0.25) is 0 Å². The number of nitrogens with zero attached hydrogens (tertiary/aromatic N) is 3. The standard InChI is InChI=1S/C9H5F3N4O/c10-9(11,12)17-8-6(15)3-5(4-14)7(16-8)1-2-13/h3H,1,15H2. The Kier molecular flexibility index (Phi) is 3.39. The van der Waals surface area contributed by atoms with Crippen LogP contribution in [0.1, 0.15) is 11.3 Å². The summed E-state index contributed by atoms with van der Waals surface area (Å²) in [6.45, 7) is 0. The average molecular weight is 242 g/mol. The predicted molar refractivity (Wildman–Crippen MR) is 49.4 cm³/mol. The highest BCUT2D eigenvalue weighted by molar-refractivity contribution is 5.54. The molecule has 5 nitrogen and oxygen atoms in total. The number of hydrogen-bond acceptors (Lipinski definition) is 5. The molecule has 0 aromatic carbocycles. The van der Waals surface area contributed by atoms with Crippen LogP contribution in [0.15, 0.2) is 6.07 Å². The van der Waals surface area contributed by atoms with E-state index in [-0.39, 0.29) is 17.7 Å². The third-order valence-corrected chi connectivity index (χ3v) is 1.67. The fraction of sp³-hybridized carbons (Fsp3) is 0.222. The first kappa shape index (κ1) is 12.6. The number of anilines is 1. The highest BCUT2D eigenvalue weighted by atomic mass is 19.4. The molecule has 0 spiro atoms. The number of hydrogen-bond donors (Lipinski definition) is 1. The van der Waals surface area contributed by atoms with Gasteiger partial charge in [0.05, 0.1) is 29.4 Å². The van der Waals surface area contributed by atoms with Crippen LogP contribution in [0.4, 0.5) is 18.9 Å². The molecule has 1 rings (SSSR count). The number of aromatic nitrogens is 1. The van der Waals surface area contributed by atoms with Crippen LogP contribution in [0.25, 0.3) is 0 Å². The minimum Gasteiger partial charge on any atom is -0.394 e. The zero-order valence-corrected chi connectivity index (χ0v) is 8.25. The number of alkyl halides is 3. The first-order valence-corrected chi connectivity index (χ1v) is 4.19. The molecule has 1 heterocycles. The molecular weight excluding hydrogens is 237 g/mol. The Morgan fingerprint density at radius 2 is 2.06 bits per heavy atom. The third kappa shape index (κ3) is 3.24. The van der Waals surface area contributed by atoms with E-state index < -0.39 is 17.9 Å². The fourth-order valence-electron chi connectivity index (χ4n) is 1.05. The van der Waals surface area contributed by atoms with Crippen molar-refractivity contribution in [3.63, 3.8) is 0 Å². The molecule has 0 aliphatic rings. The van der Waals surface area contributed by atoms with Crippen LogP contribution in [-0.4, -0.2) is 11.3 Å². The molecule has 0 aliphatic heterocycles. The maximum Gasteiger partial charge on any atom is 0.574 e. The summed E-state index contributed by atoms with van der Waals surface area (Å²) in [4.78, 5) is 3.41. The Morgan fingerprint density at radius 1 is 1.41 bits per heavy atom. The number of nitrogens with two attached hydrogens (primary N) is 1. The van der Waals surface area contributed by atoms with E-state index in [0.717, 1.165) is 6.07 Å². The third-order valence-electron chi connectivity index (χ3n) is 1.67. The van der Waals surface area contributed by atoms with Crippen LogP contribution < -0.4 is 10.5 Å². The van der Waals surface area contributed by atoms with Crippen LogP contribution in [0.3, 0.4) is 0 Å². The summed E-state index contributed by atoms with van der Waals surface area (Å²) < 4.78 is 39.5. The molecule has 0 saturated heterocycles. The second-order valence-electron chi connectivity index (χ2n) is 2.87. The van der Waals surface area contributed by atoms with Gasteiger partial charge in [-0.15, -0.1) is 13.2 Å². The topological polar surface area (TPSA) is 95.7 Å². The quantitative estimate of drug-likeness (QED) is 0.847. The molecule has 0 amide bonds. The monoisotopic (exact) mass is 242 g/mol. The lowest BCUT2D eigenvalue weighted by Crippen LogP contribution is -2.19.